The maximum Gasteiger partial charge on any atom is 0.244 e. The van der Waals surface area contributed by atoms with Crippen LogP contribution in [0.15, 0.2) is 21.4 Å². The Kier molecular flexibility index (Phi) is 4.01. The Morgan fingerprint density at radius 3 is 2.50 bits per heavy atom. The van der Waals surface area contributed by atoms with Crippen LogP contribution in [0.5, 0.6) is 0 Å². The van der Waals surface area contributed by atoms with Gasteiger partial charge in [0.05, 0.1) is 17.9 Å². The molecule has 0 bridgehead atoms. The molecule has 2 aromatic rings. The number of hydrogen-bond donors (Lipinski definition) is 1. The Balaban J connectivity index is 2.24. The fraction of sp³-hybridized carbons (Fsp3) is 0.462. The normalized spacial score (nSPS) is 12.0. The van der Waals surface area contributed by atoms with E-state index in [4.69, 9.17) is 4.42 Å². The number of aromatic nitrogens is 2. The Morgan fingerprint density at radius 1 is 1.30 bits per heavy atom. The summed E-state index contributed by atoms with van der Waals surface area (Å²) in [5.41, 5.74) is 1.15. The molecule has 0 aromatic carbocycles. The van der Waals surface area contributed by atoms with Gasteiger partial charge in [0.2, 0.25) is 10.0 Å². The van der Waals surface area contributed by atoms with Gasteiger partial charge in [-0.15, -0.1) is 0 Å². The van der Waals surface area contributed by atoms with E-state index in [1.807, 2.05) is 13.8 Å². The smallest absolute Gasteiger partial charge is 0.244 e. The summed E-state index contributed by atoms with van der Waals surface area (Å²) in [6.45, 7) is 7.97. The van der Waals surface area contributed by atoms with Crippen molar-refractivity contribution in [1.82, 2.24) is 14.5 Å². The van der Waals surface area contributed by atoms with Crippen molar-refractivity contribution in [2.45, 2.75) is 45.7 Å². The van der Waals surface area contributed by atoms with E-state index in [1.54, 1.807) is 30.7 Å². The van der Waals surface area contributed by atoms with Gasteiger partial charge in [-0.2, -0.15) is 5.10 Å². The van der Waals surface area contributed by atoms with Crippen LogP contribution in [0.2, 0.25) is 0 Å². The van der Waals surface area contributed by atoms with E-state index in [0.29, 0.717) is 23.7 Å². The lowest BCUT2D eigenvalue weighted by Gasteiger charge is -2.06. The van der Waals surface area contributed by atoms with Crippen molar-refractivity contribution in [3.8, 4) is 0 Å². The maximum absolute atomic E-state index is 12.4. The molecule has 0 aliphatic heterocycles. The molecule has 0 radical (unpaired) electrons. The van der Waals surface area contributed by atoms with Crippen molar-refractivity contribution in [3.63, 3.8) is 0 Å². The number of furan rings is 1. The van der Waals surface area contributed by atoms with Gasteiger partial charge in [-0.05, 0) is 39.8 Å². The van der Waals surface area contributed by atoms with Crippen LogP contribution in [0.25, 0.3) is 0 Å². The first kappa shape index (κ1) is 14.8. The summed E-state index contributed by atoms with van der Waals surface area (Å²) in [6.07, 6.45) is 0. The van der Waals surface area contributed by atoms with Gasteiger partial charge in [-0.1, -0.05) is 0 Å². The molecule has 0 amide bonds. The van der Waals surface area contributed by atoms with Gasteiger partial charge in [0, 0.05) is 6.54 Å². The van der Waals surface area contributed by atoms with Gasteiger partial charge in [-0.25, -0.2) is 13.1 Å². The van der Waals surface area contributed by atoms with Crippen molar-refractivity contribution in [3.05, 3.63) is 35.0 Å². The van der Waals surface area contributed by atoms with Crippen LogP contribution in [-0.4, -0.2) is 18.2 Å². The second kappa shape index (κ2) is 5.41. The van der Waals surface area contributed by atoms with E-state index in [2.05, 4.69) is 9.82 Å². The Morgan fingerprint density at radius 2 is 2.00 bits per heavy atom. The Hall–Kier alpha value is -1.60. The fourth-order valence-electron chi connectivity index (χ4n) is 2.20. The lowest BCUT2D eigenvalue weighted by Crippen LogP contribution is -2.24. The number of rotatable bonds is 5. The van der Waals surface area contributed by atoms with E-state index in [-0.39, 0.29) is 11.4 Å². The molecule has 2 rings (SSSR count). The summed E-state index contributed by atoms with van der Waals surface area (Å²) in [5.74, 6) is 1.34. The molecule has 20 heavy (non-hydrogen) atoms. The lowest BCUT2D eigenvalue weighted by molar-refractivity contribution is 0.475. The van der Waals surface area contributed by atoms with E-state index < -0.39 is 10.0 Å². The maximum atomic E-state index is 12.4. The molecule has 6 nitrogen and oxygen atoms in total. The molecule has 0 fully saturated rings. The first-order valence-electron chi connectivity index (χ1n) is 6.44. The number of aryl methyl sites for hydroxylation is 3. The first-order chi connectivity index (χ1) is 9.35. The predicted molar refractivity (Wildman–Crippen MR) is 74.8 cm³/mol. The summed E-state index contributed by atoms with van der Waals surface area (Å²) < 4.78 is 34.3. The van der Waals surface area contributed by atoms with Crippen LogP contribution in [0.3, 0.4) is 0 Å². The summed E-state index contributed by atoms with van der Waals surface area (Å²) >= 11 is 0. The zero-order chi connectivity index (χ0) is 14.9. The second-order valence-corrected chi connectivity index (χ2v) is 6.36. The van der Waals surface area contributed by atoms with Crippen molar-refractivity contribution in [1.29, 1.82) is 0 Å². The number of nitrogens with zero attached hydrogens (tertiary/aromatic N) is 2. The topological polar surface area (TPSA) is 77.1 Å². The van der Waals surface area contributed by atoms with Gasteiger partial charge in [0.1, 0.15) is 16.4 Å². The summed E-state index contributed by atoms with van der Waals surface area (Å²) in [7, 11) is -3.59. The SMILES string of the molecule is CCn1nc(C)c(S(=O)(=O)NCc2ccc(C)o2)c1C. The average molecular weight is 297 g/mol. The third-order valence-corrected chi connectivity index (χ3v) is 4.77. The zero-order valence-corrected chi connectivity index (χ0v) is 12.9. The molecule has 2 aromatic heterocycles. The van der Waals surface area contributed by atoms with E-state index in [9.17, 15) is 8.42 Å². The molecular weight excluding hydrogens is 278 g/mol. The highest BCUT2D eigenvalue weighted by molar-refractivity contribution is 7.89. The molecule has 110 valence electrons. The monoisotopic (exact) mass is 297 g/mol. The minimum atomic E-state index is -3.59. The van der Waals surface area contributed by atoms with Crippen LogP contribution >= 0.6 is 0 Å². The zero-order valence-electron chi connectivity index (χ0n) is 12.1. The van der Waals surface area contributed by atoms with Gasteiger partial charge in [0.15, 0.2) is 0 Å². The van der Waals surface area contributed by atoms with E-state index in [1.165, 1.54) is 0 Å². The van der Waals surface area contributed by atoms with Crippen LogP contribution in [0.1, 0.15) is 29.8 Å². The van der Waals surface area contributed by atoms with Gasteiger partial charge >= 0.3 is 0 Å². The molecular formula is C13H19N3O3S. The Bertz CT molecular complexity index is 713. The fourth-order valence-corrected chi connectivity index (χ4v) is 3.60. The molecule has 2 heterocycles. The number of sulfonamides is 1. The van der Waals surface area contributed by atoms with Crippen LogP contribution < -0.4 is 4.72 Å². The minimum absolute atomic E-state index is 0.131. The highest BCUT2D eigenvalue weighted by Crippen LogP contribution is 2.19. The molecule has 0 saturated heterocycles. The van der Waals surface area contributed by atoms with Crippen molar-refractivity contribution >= 4 is 10.0 Å². The van der Waals surface area contributed by atoms with E-state index >= 15 is 0 Å². The second-order valence-electron chi connectivity index (χ2n) is 4.65. The standard InChI is InChI=1S/C13H19N3O3S/c1-5-16-11(4)13(10(3)15-16)20(17,18)14-8-12-7-6-9(2)19-12/h6-7,14H,5,8H2,1-4H3. The molecule has 0 aliphatic rings. The average Bonchev–Trinajstić information content (AvgIpc) is 2.91. The molecule has 1 N–H and O–H groups in total. The quantitative estimate of drug-likeness (QED) is 0.914. The van der Waals surface area contributed by atoms with Gasteiger partial charge in [-0.3, -0.25) is 4.68 Å². The van der Waals surface area contributed by atoms with Crippen molar-refractivity contribution in [2.24, 2.45) is 0 Å². The summed E-state index contributed by atoms with van der Waals surface area (Å²) in [6, 6.07) is 3.56. The largest absolute Gasteiger partial charge is 0.465 e. The molecule has 0 spiro atoms. The minimum Gasteiger partial charge on any atom is -0.465 e. The molecule has 0 atom stereocenters. The number of nitrogens with one attached hydrogen (secondary N) is 1. The first-order valence-corrected chi connectivity index (χ1v) is 7.92. The van der Waals surface area contributed by atoms with Gasteiger partial charge in [0.25, 0.3) is 0 Å². The summed E-state index contributed by atoms with van der Waals surface area (Å²) in [5, 5.41) is 4.23. The molecule has 0 saturated carbocycles. The van der Waals surface area contributed by atoms with Crippen molar-refractivity contribution in [2.75, 3.05) is 0 Å². The van der Waals surface area contributed by atoms with Crippen LogP contribution in [0.4, 0.5) is 0 Å². The number of hydrogen-bond acceptors (Lipinski definition) is 4. The predicted octanol–water partition coefficient (Wildman–Crippen LogP) is 1.90. The van der Waals surface area contributed by atoms with Crippen molar-refractivity contribution < 1.29 is 12.8 Å². The van der Waals surface area contributed by atoms with Crippen LogP contribution in [-0.2, 0) is 23.1 Å². The summed E-state index contributed by atoms with van der Waals surface area (Å²) in [4.78, 5) is 0.252. The third-order valence-electron chi connectivity index (χ3n) is 3.12. The highest BCUT2D eigenvalue weighted by Gasteiger charge is 2.24. The van der Waals surface area contributed by atoms with E-state index in [0.717, 1.165) is 5.76 Å². The van der Waals surface area contributed by atoms with Gasteiger partial charge < -0.3 is 4.42 Å². The Labute approximate surface area is 118 Å². The lowest BCUT2D eigenvalue weighted by atomic mass is 10.4. The molecule has 7 heteroatoms. The molecule has 0 unspecified atom stereocenters. The van der Waals surface area contributed by atoms with Crippen LogP contribution in [0, 0.1) is 20.8 Å². The third kappa shape index (κ3) is 2.78. The highest BCUT2D eigenvalue weighted by atomic mass is 32.2. The molecule has 0 aliphatic carbocycles.